The van der Waals surface area contributed by atoms with Gasteiger partial charge in [0.1, 0.15) is 17.0 Å². The highest BCUT2D eigenvalue weighted by Crippen LogP contribution is 2.37. The van der Waals surface area contributed by atoms with Crippen molar-refractivity contribution in [2.45, 2.75) is 76.0 Å². The van der Waals surface area contributed by atoms with E-state index in [4.69, 9.17) is 4.74 Å². The van der Waals surface area contributed by atoms with Crippen molar-refractivity contribution in [2.24, 2.45) is 0 Å². The molecule has 2 aromatic rings. The molecule has 1 aliphatic carbocycles. The molecule has 8 nitrogen and oxygen atoms in total. The monoisotopic (exact) mass is 505 g/mol. The fourth-order valence-corrected chi connectivity index (χ4v) is 5.11. The minimum atomic E-state index is -3.87. The van der Waals surface area contributed by atoms with E-state index in [1.54, 1.807) is 59.7 Å². The zero-order valence-electron chi connectivity index (χ0n) is 20.8. The van der Waals surface area contributed by atoms with Crippen LogP contribution in [0.5, 0.6) is 0 Å². The molecule has 0 unspecified atom stereocenters. The summed E-state index contributed by atoms with van der Waals surface area (Å²) in [4.78, 5) is 24.9. The molecule has 0 saturated heterocycles. The molecule has 0 heterocycles. The van der Waals surface area contributed by atoms with Crippen LogP contribution in [0.3, 0.4) is 0 Å². The third kappa shape index (κ3) is 6.79. The van der Waals surface area contributed by atoms with Gasteiger partial charge >= 0.3 is 6.09 Å². The first-order valence-electron chi connectivity index (χ1n) is 11.3. The van der Waals surface area contributed by atoms with Crippen molar-refractivity contribution < 1.29 is 27.1 Å². The fourth-order valence-electron chi connectivity index (χ4n) is 3.46. The number of benzene rings is 2. The van der Waals surface area contributed by atoms with Crippen LogP contribution in [0.1, 0.15) is 54.4 Å². The minimum absolute atomic E-state index is 0.0182. The number of carbonyl (C=O) groups excluding carboxylic acids is 2. The van der Waals surface area contributed by atoms with Crippen molar-refractivity contribution in [3.8, 4) is 11.1 Å². The maximum absolute atomic E-state index is 15.0. The number of hydrogen-bond acceptors (Lipinski definition) is 5. The molecule has 0 spiro atoms. The van der Waals surface area contributed by atoms with E-state index in [-0.39, 0.29) is 10.6 Å². The number of anilines is 1. The highest BCUT2D eigenvalue weighted by atomic mass is 32.2. The van der Waals surface area contributed by atoms with Gasteiger partial charge in [-0.05, 0) is 78.1 Å². The molecule has 0 bridgehead atoms. The smallest absolute Gasteiger partial charge is 0.408 e. The lowest BCUT2D eigenvalue weighted by Crippen LogP contribution is -2.48. The first-order chi connectivity index (χ1) is 16.0. The summed E-state index contributed by atoms with van der Waals surface area (Å²) >= 11 is 0. The van der Waals surface area contributed by atoms with E-state index in [1.807, 2.05) is 0 Å². The van der Waals surface area contributed by atoms with Gasteiger partial charge in [0, 0.05) is 11.1 Å². The zero-order chi connectivity index (χ0) is 26.2. The molecule has 2 aromatic carbocycles. The molecule has 0 aromatic heterocycles. The molecule has 0 atom stereocenters. The van der Waals surface area contributed by atoms with E-state index in [0.29, 0.717) is 24.0 Å². The van der Waals surface area contributed by atoms with E-state index in [9.17, 15) is 22.4 Å². The first kappa shape index (κ1) is 26.6. The van der Waals surface area contributed by atoms with Gasteiger partial charge in [-0.2, -0.15) is 0 Å². The molecular weight excluding hydrogens is 473 g/mol. The SMILES string of the molecule is CC(C)(C)NS(=O)(=O)c1ccccc1-c1ccc(NC(=O)C2(NC(=O)OC(C)(C)C)CC2)c(F)c1. The van der Waals surface area contributed by atoms with E-state index >= 15 is 0 Å². The topological polar surface area (TPSA) is 114 Å². The lowest BCUT2D eigenvalue weighted by Gasteiger charge is -2.23. The van der Waals surface area contributed by atoms with Gasteiger partial charge < -0.3 is 15.4 Å². The van der Waals surface area contributed by atoms with Gasteiger partial charge in [-0.1, -0.05) is 24.3 Å². The third-order valence-electron chi connectivity index (χ3n) is 5.07. The maximum atomic E-state index is 15.0. The van der Waals surface area contributed by atoms with Crippen LogP contribution in [0.2, 0.25) is 0 Å². The van der Waals surface area contributed by atoms with Crippen LogP contribution in [-0.4, -0.2) is 37.1 Å². The molecular formula is C25H32FN3O5S. The summed E-state index contributed by atoms with van der Waals surface area (Å²) in [6, 6.07) is 10.4. The largest absolute Gasteiger partial charge is 0.444 e. The van der Waals surface area contributed by atoms with Gasteiger partial charge in [0.25, 0.3) is 0 Å². The first-order valence-corrected chi connectivity index (χ1v) is 12.8. The Balaban J connectivity index is 1.81. The standard InChI is InChI=1S/C25H32FN3O5S/c1-23(2,3)29-35(32,33)20-10-8-7-9-17(20)16-11-12-19(18(26)15-16)27-21(30)25(13-14-25)28-22(31)34-24(4,5)6/h7-12,15,29H,13-14H2,1-6H3,(H,27,30)(H,28,31). The normalized spacial score (nSPS) is 15.3. The molecule has 2 amide bonds. The Hall–Kier alpha value is -2.98. The minimum Gasteiger partial charge on any atom is -0.444 e. The highest BCUT2D eigenvalue weighted by molar-refractivity contribution is 7.89. The molecule has 3 rings (SSSR count). The number of ether oxygens (including phenoxy) is 1. The average Bonchev–Trinajstić information content (AvgIpc) is 3.46. The van der Waals surface area contributed by atoms with Crippen LogP contribution >= 0.6 is 0 Å². The quantitative estimate of drug-likeness (QED) is 0.532. The molecule has 0 aliphatic heterocycles. The second kappa shape index (κ2) is 9.23. The van der Waals surface area contributed by atoms with E-state index in [0.717, 1.165) is 0 Å². The summed E-state index contributed by atoms with van der Waals surface area (Å²) in [5.41, 5.74) is -1.98. The Labute approximate surface area is 205 Å². The Kier molecular flexibility index (Phi) is 7.02. The van der Waals surface area contributed by atoms with Gasteiger partial charge in [0.15, 0.2) is 0 Å². The van der Waals surface area contributed by atoms with Crippen LogP contribution in [0.15, 0.2) is 47.4 Å². The molecule has 1 saturated carbocycles. The van der Waals surface area contributed by atoms with Crippen molar-refractivity contribution in [3.63, 3.8) is 0 Å². The van der Waals surface area contributed by atoms with Gasteiger partial charge in [-0.25, -0.2) is 22.3 Å². The number of rotatable bonds is 6. The summed E-state index contributed by atoms with van der Waals surface area (Å²) in [6.07, 6.45) is 0.0933. The van der Waals surface area contributed by atoms with Crippen molar-refractivity contribution in [1.82, 2.24) is 10.0 Å². The molecule has 10 heteroatoms. The molecule has 190 valence electrons. The third-order valence-corrected chi connectivity index (χ3v) is 6.89. The van der Waals surface area contributed by atoms with Gasteiger partial charge in [-0.15, -0.1) is 0 Å². The number of halogens is 1. The Morgan fingerprint density at radius 1 is 1.00 bits per heavy atom. The summed E-state index contributed by atoms with van der Waals surface area (Å²) in [5.74, 6) is -1.28. The summed E-state index contributed by atoms with van der Waals surface area (Å²) in [7, 11) is -3.87. The number of amides is 2. The van der Waals surface area contributed by atoms with Crippen LogP contribution in [0, 0.1) is 5.82 Å². The lowest BCUT2D eigenvalue weighted by atomic mass is 10.0. The molecule has 3 N–H and O–H groups in total. The summed E-state index contributed by atoms with van der Waals surface area (Å²) in [5, 5.41) is 5.09. The second-order valence-electron chi connectivity index (χ2n) is 10.7. The highest BCUT2D eigenvalue weighted by Gasteiger charge is 2.52. The van der Waals surface area contributed by atoms with Gasteiger partial charge in [0.05, 0.1) is 10.6 Å². The maximum Gasteiger partial charge on any atom is 0.408 e. The van der Waals surface area contributed by atoms with Gasteiger partial charge in [0.2, 0.25) is 15.9 Å². The summed E-state index contributed by atoms with van der Waals surface area (Å²) in [6.45, 7) is 10.3. The molecule has 1 fully saturated rings. The van der Waals surface area contributed by atoms with E-state index < -0.39 is 44.5 Å². The Bertz CT molecular complexity index is 1240. The Morgan fingerprint density at radius 2 is 1.63 bits per heavy atom. The average molecular weight is 506 g/mol. The number of carbonyl (C=O) groups is 2. The van der Waals surface area contributed by atoms with Crippen molar-refractivity contribution >= 4 is 27.7 Å². The van der Waals surface area contributed by atoms with Gasteiger partial charge in [-0.3, -0.25) is 4.79 Å². The van der Waals surface area contributed by atoms with Crippen molar-refractivity contribution in [1.29, 1.82) is 0 Å². The molecule has 0 radical (unpaired) electrons. The number of nitrogens with one attached hydrogen (secondary N) is 3. The van der Waals surface area contributed by atoms with E-state index in [1.165, 1.54) is 24.3 Å². The van der Waals surface area contributed by atoms with Crippen LogP contribution in [-0.2, 0) is 19.6 Å². The molecule has 35 heavy (non-hydrogen) atoms. The Morgan fingerprint density at radius 3 is 2.17 bits per heavy atom. The lowest BCUT2D eigenvalue weighted by molar-refractivity contribution is -0.119. The number of alkyl carbamates (subject to hydrolysis) is 1. The van der Waals surface area contributed by atoms with E-state index in [2.05, 4.69) is 15.4 Å². The second-order valence-corrected chi connectivity index (χ2v) is 12.4. The van der Waals surface area contributed by atoms with Crippen LogP contribution in [0.4, 0.5) is 14.9 Å². The van der Waals surface area contributed by atoms with Crippen molar-refractivity contribution in [3.05, 3.63) is 48.3 Å². The number of hydrogen-bond donors (Lipinski definition) is 3. The van der Waals surface area contributed by atoms with Crippen LogP contribution in [0.25, 0.3) is 11.1 Å². The van der Waals surface area contributed by atoms with Crippen LogP contribution < -0.4 is 15.4 Å². The predicted octanol–water partition coefficient (Wildman–Crippen LogP) is 4.57. The predicted molar refractivity (Wildman–Crippen MR) is 132 cm³/mol. The molecule has 1 aliphatic rings. The fraction of sp³-hybridized carbons (Fsp3) is 0.440. The number of sulfonamides is 1. The summed E-state index contributed by atoms with van der Waals surface area (Å²) < 4.78 is 48.7. The van der Waals surface area contributed by atoms with Crippen molar-refractivity contribution in [2.75, 3.05) is 5.32 Å². The zero-order valence-corrected chi connectivity index (χ0v) is 21.6.